The van der Waals surface area contributed by atoms with Gasteiger partial charge >= 0.3 is 0 Å². The summed E-state index contributed by atoms with van der Waals surface area (Å²) in [5.41, 5.74) is 0.507. The van der Waals surface area contributed by atoms with E-state index in [9.17, 15) is 10.2 Å². The molecular weight excluding hydrogens is 304 g/mol. The molecule has 0 fully saturated rings. The Morgan fingerprint density at radius 2 is 1.08 bits per heavy atom. The summed E-state index contributed by atoms with van der Waals surface area (Å²) in [6, 6.07) is 18.3. The SMILES string of the molecule is CCC(O)C(C)(C)O.OC(c1ccccc1)C(O)c1ccccc1. The quantitative estimate of drug-likeness (QED) is 0.678. The zero-order chi connectivity index (χ0) is 18.2. The van der Waals surface area contributed by atoms with Crippen molar-refractivity contribution in [2.45, 2.75) is 51.1 Å². The minimum absolute atomic E-state index is 0.595. The van der Waals surface area contributed by atoms with E-state index >= 15 is 0 Å². The van der Waals surface area contributed by atoms with Crippen molar-refractivity contribution in [3.63, 3.8) is 0 Å². The molecule has 4 N–H and O–H groups in total. The van der Waals surface area contributed by atoms with Gasteiger partial charge in [-0.15, -0.1) is 0 Å². The molecule has 3 atom stereocenters. The van der Waals surface area contributed by atoms with Gasteiger partial charge in [0.2, 0.25) is 0 Å². The largest absolute Gasteiger partial charge is 0.390 e. The highest BCUT2D eigenvalue weighted by Crippen LogP contribution is 2.27. The molecule has 2 rings (SSSR count). The Balaban J connectivity index is 0.000000307. The normalized spacial score (nSPS) is 15.0. The summed E-state index contributed by atoms with van der Waals surface area (Å²) in [5.74, 6) is 0. The first kappa shape index (κ1) is 20.3. The predicted molar refractivity (Wildman–Crippen MR) is 95.4 cm³/mol. The fourth-order valence-corrected chi connectivity index (χ4v) is 2.16. The molecule has 0 heterocycles. The van der Waals surface area contributed by atoms with Crippen molar-refractivity contribution < 1.29 is 20.4 Å². The fraction of sp³-hybridized carbons (Fsp3) is 0.400. The molecule has 24 heavy (non-hydrogen) atoms. The summed E-state index contributed by atoms with van der Waals surface area (Å²) in [5, 5.41) is 38.0. The van der Waals surface area contributed by atoms with E-state index in [1.54, 1.807) is 38.1 Å². The zero-order valence-corrected chi connectivity index (χ0v) is 14.5. The minimum Gasteiger partial charge on any atom is -0.390 e. The molecule has 4 nitrogen and oxygen atoms in total. The van der Waals surface area contributed by atoms with Crippen molar-refractivity contribution in [1.29, 1.82) is 0 Å². The zero-order valence-electron chi connectivity index (χ0n) is 14.5. The summed E-state index contributed by atoms with van der Waals surface area (Å²) in [4.78, 5) is 0. The van der Waals surface area contributed by atoms with Crippen molar-refractivity contribution >= 4 is 0 Å². The lowest BCUT2D eigenvalue weighted by molar-refractivity contribution is -0.0488. The highest BCUT2D eigenvalue weighted by atomic mass is 16.3. The third-order valence-corrected chi connectivity index (χ3v) is 3.78. The molecule has 0 saturated carbocycles. The lowest BCUT2D eigenvalue weighted by Crippen LogP contribution is -2.34. The molecule has 2 aromatic carbocycles. The van der Waals surface area contributed by atoms with Crippen molar-refractivity contribution in [3.8, 4) is 0 Å². The van der Waals surface area contributed by atoms with Crippen LogP contribution in [0.2, 0.25) is 0 Å². The van der Waals surface area contributed by atoms with Gasteiger partial charge in [-0.25, -0.2) is 0 Å². The number of hydrogen-bond acceptors (Lipinski definition) is 4. The highest BCUT2D eigenvalue weighted by Gasteiger charge is 2.21. The van der Waals surface area contributed by atoms with Crippen LogP contribution in [0.4, 0.5) is 0 Å². The van der Waals surface area contributed by atoms with Gasteiger partial charge < -0.3 is 20.4 Å². The van der Waals surface area contributed by atoms with E-state index in [2.05, 4.69) is 0 Å². The molecule has 0 bridgehead atoms. The van der Waals surface area contributed by atoms with E-state index < -0.39 is 23.9 Å². The summed E-state index contributed by atoms with van der Waals surface area (Å²) in [6.07, 6.45) is -1.77. The third-order valence-electron chi connectivity index (χ3n) is 3.78. The Hall–Kier alpha value is -1.72. The lowest BCUT2D eigenvalue weighted by atomic mass is 9.99. The van der Waals surface area contributed by atoms with E-state index in [-0.39, 0.29) is 0 Å². The first-order chi connectivity index (χ1) is 11.3. The molecule has 132 valence electrons. The summed E-state index contributed by atoms with van der Waals surface area (Å²) in [7, 11) is 0. The van der Waals surface area contributed by atoms with E-state index in [1.807, 2.05) is 43.3 Å². The van der Waals surface area contributed by atoms with Crippen molar-refractivity contribution in [3.05, 3.63) is 71.8 Å². The average Bonchev–Trinajstić information content (AvgIpc) is 2.61. The Kier molecular flexibility index (Phi) is 8.08. The third kappa shape index (κ3) is 6.42. The van der Waals surface area contributed by atoms with Crippen LogP contribution in [0.3, 0.4) is 0 Å². The van der Waals surface area contributed by atoms with Crippen LogP contribution in [0.15, 0.2) is 60.7 Å². The number of hydrogen-bond donors (Lipinski definition) is 4. The van der Waals surface area contributed by atoms with Crippen LogP contribution in [-0.2, 0) is 0 Å². The molecule has 0 amide bonds. The summed E-state index contributed by atoms with van der Waals surface area (Å²) in [6.45, 7) is 5.03. The second-order valence-electron chi connectivity index (χ2n) is 6.29. The maximum Gasteiger partial charge on any atom is 0.109 e. The number of aliphatic hydroxyl groups excluding tert-OH is 3. The first-order valence-corrected chi connectivity index (χ1v) is 8.13. The molecule has 2 aromatic rings. The van der Waals surface area contributed by atoms with E-state index in [1.165, 1.54) is 0 Å². The minimum atomic E-state index is -0.936. The second-order valence-corrected chi connectivity index (χ2v) is 6.29. The fourth-order valence-electron chi connectivity index (χ4n) is 2.16. The molecule has 0 aliphatic heterocycles. The van der Waals surface area contributed by atoms with E-state index in [0.29, 0.717) is 6.42 Å². The van der Waals surface area contributed by atoms with Gasteiger partial charge in [-0.1, -0.05) is 67.6 Å². The molecule has 0 radical (unpaired) electrons. The number of rotatable bonds is 5. The Labute approximate surface area is 144 Å². The van der Waals surface area contributed by atoms with Gasteiger partial charge in [0.15, 0.2) is 0 Å². The average molecular weight is 332 g/mol. The maximum atomic E-state index is 9.99. The van der Waals surface area contributed by atoms with E-state index in [4.69, 9.17) is 10.2 Å². The van der Waals surface area contributed by atoms with E-state index in [0.717, 1.165) is 11.1 Å². The van der Waals surface area contributed by atoms with Crippen molar-refractivity contribution in [2.24, 2.45) is 0 Å². The monoisotopic (exact) mass is 332 g/mol. The van der Waals surface area contributed by atoms with Crippen molar-refractivity contribution in [2.75, 3.05) is 0 Å². The molecule has 0 saturated heterocycles. The standard InChI is InChI=1S/C14H14O2.C6H14O2/c15-13(11-7-3-1-4-8-11)14(16)12-9-5-2-6-10-12;1-4-5(7)6(2,3)8/h1-10,13-16H;5,7-8H,4H2,1-3H3. The van der Waals surface area contributed by atoms with Crippen LogP contribution >= 0.6 is 0 Å². The molecule has 3 unspecified atom stereocenters. The van der Waals surface area contributed by atoms with Gasteiger partial charge in [-0.3, -0.25) is 0 Å². The van der Waals surface area contributed by atoms with Gasteiger partial charge in [-0.2, -0.15) is 0 Å². The molecule has 0 aromatic heterocycles. The first-order valence-electron chi connectivity index (χ1n) is 8.13. The predicted octanol–water partition coefficient (Wildman–Crippen LogP) is 2.98. The number of aliphatic hydroxyl groups is 4. The van der Waals surface area contributed by atoms with Crippen LogP contribution in [0.1, 0.15) is 50.5 Å². The smallest absolute Gasteiger partial charge is 0.109 e. The highest BCUT2D eigenvalue weighted by molar-refractivity contribution is 5.24. The van der Waals surface area contributed by atoms with Gasteiger partial charge in [-0.05, 0) is 31.4 Å². The topological polar surface area (TPSA) is 80.9 Å². The summed E-state index contributed by atoms with van der Waals surface area (Å²) < 4.78 is 0. The van der Waals surface area contributed by atoms with Crippen LogP contribution in [0.25, 0.3) is 0 Å². The van der Waals surface area contributed by atoms with Crippen LogP contribution < -0.4 is 0 Å². The Morgan fingerprint density at radius 3 is 1.29 bits per heavy atom. The van der Waals surface area contributed by atoms with Crippen LogP contribution in [0.5, 0.6) is 0 Å². The molecular formula is C20H28O4. The van der Waals surface area contributed by atoms with Gasteiger partial charge in [0.1, 0.15) is 12.2 Å². The lowest BCUT2D eigenvalue weighted by Gasteiger charge is -2.22. The van der Waals surface area contributed by atoms with Gasteiger partial charge in [0.05, 0.1) is 11.7 Å². The van der Waals surface area contributed by atoms with Crippen LogP contribution in [0, 0.1) is 0 Å². The molecule has 0 aliphatic carbocycles. The maximum absolute atomic E-state index is 9.99. The summed E-state index contributed by atoms with van der Waals surface area (Å²) >= 11 is 0. The number of benzene rings is 2. The molecule has 4 heteroatoms. The van der Waals surface area contributed by atoms with Crippen molar-refractivity contribution in [1.82, 2.24) is 0 Å². The van der Waals surface area contributed by atoms with Gasteiger partial charge in [0.25, 0.3) is 0 Å². The Bertz CT molecular complexity index is 520. The molecule has 0 spiro atoms. The Morgan fingerprint density at radius 1 is 0.750 bits per heavy atom. The molecule has 0 aliphatic rings. The second kappa shape index (κ2) is 9.55. The van der Waals surface area contributed by atoms with Gasteiger partial charge in [0, 0.05) is 0 Å². The van der Waals surface area contributed by atoms with Crippen LogP contribution in [-0.4, -0.2) is 32.1 Å².